The highest BCUT2D eigenvalue weighted by Gasteiger charge is 1.90. The molecule has 114 valence electrons. The van der Waals surface area contributed by atoms with E-state index >= 15 is 0 Å². The Morgan fingerprint density at radius 1 is 0.789 bits per heavy atom. The molecule has 0 aromatic carbocycles. The van der Waals surface area contributed by atoms with Crippen LogP contribution in [0.25, 0.3) is 0 Å². The fraction of sp³-hybridized carbons (Fsp3) is 0.875. The van der Waals surface area contributed by atoms with Crippen molar-refractivity contribution in [3.05, 3.63) is 12.2 Å². The van der Waals surface area contributed by atoms with Gasteiger partial charge in [0.25, 0.3) is 0 Å². The van der Waals surface area contributed by atoms with Crippen LogP contribution in [0.3, 0.4) is 0 Å². The van der Waals surface area contributed by atoms with Gasteiger partial charge >= 0.3 is 0 Å². The maximum absolute atomic E-state index is 5.29. The van der Waals surface area contributed by atoms with Crippen LogP contribution in [0, 0.1) is 0 Å². The molecule has 0 saturated heterocycles. The van der Waals surface area contributed by atoms with Crippen LogP contribution in [0.4, 0.5) is 0 Å². The first-order valence-corrected chi connectivity index (χ1v) is 8.90. The van der Waals surface area contributed by atoms with Gasteiger partial charge in [0.15, 0.2) is 0 Å². The lowest BCUT2D eigenvalue weighted by molar-refractivity contribution is -0.0476. The molecule has 0 unspecified atom stereocenters. The Labute approximate surface area is 128 Å². The Kier molecular flexibility index (Phi) is 18.3. The second kappa shape index (κ2) is 18.1. The predicted octanol–water partition coefficient (Wildman–Crippen LogP) is 5.46. The average molecular weight is 335 g/mol. The normalized spacial score (nSPS) is 11.5. The summed E-state index contributed by atoms with van der Waals surface area (Å²) in [5.41, 5.74) is 0. The summed E-state index contributed by atoms with van der Waals surface area (Å²) in [5, 5.41) is 1.16. The quantitative estimate of drug-likeness (QED) is 0.171. The average Bonchev–Trinajstić information content (AvgIpc) is 2.43. The summed E-state index contributed by atoms with van der Waals surface area (Å²) < 4.78 is 10.4. The Balaban J connectivity index is 3.00. The van der Waals surface area contributed by atoms with E-state index in [1.165, 1.54) is 51.4 Å². The molecule has 0 atom stereocenters. The number of hydrogen-bond acceptors (Lipinski definition) is 2. The minimum atomic E-state index is 0.430. The number of allylic oxidation sites excluding steroid dienone is 1. The number of hydrogen-bond donors (Lipinski definition) is 0. The monoisotopic (exact) mass is 334 g/mol. The van der Waals surface area contributed by atoms with Gasteiger partial charge in [-0.1, -0.05) is 60.2 Å². The molecule has 0 rings (SSSR count). The number of rotatable bonds is 15. The molecule has 0 aliphatic carbocycles. The first-order valence-electron chi connectivity index (χ1n) is 7.78. The van der Waals surface area contributed by atoms with Crippen LogP contribution in [0.1, 0.15) is 64.7 Å². The van der Waals surface area contributed by atoms with Crippen molar-refractivity contribution in [1.29, 1.82) is 0 Å². The van der Waals surface area contributed by atoms with E-state index in [1.807, 2.05) is 6.92 Å². The van der Waals surface area contributed by atoms with Crippen molar-refractivity contribution in [2.75, 3.05) is 25.3 Å². The largest absolute Gasteiger partial charge is 0.356 e. The summed E-state index contributed by atoms with van der Waals surface area (Å²) in [4.78, 5) is 0. The molecule has 0 aromatic rings. The van der Waals surface area contributed by atoms with E-state index < -0.39 is 0 Å². The third-order valence-electron chi connectivity index (χ3n) is 2.97. The SMILES string of the molecule is CCOCOCCC=CCCCCCCCCCBr. The van der Waals surface area contributed by atoms with Gasteiger partial charge in [0.05, 0.1) is 6.61 Å². The van der Waals surface area contributed by atoms with Crippen LogP contribution in [0.5, 0.6) is 0 Å². The fourth-order valence-electron chi connectivity index (χ4n) is 1.83. The van der Waals surface area contributed by atoms with Crippen molar-refractivity contribution in [1.82, 2.24) is 0 Å². The highest BCUT2D eigenvalue weighted by Crippen LogP contribution is 2.09. The molecule has 19 heavy (non-hydrogen) atoms. The molecule has 0 radical (unpaired) electrons. The van der Waals surface area contributed by atoms with Crippen molar-refractivity contribution >= 4 is 15.9 Å². The Hall–Kier alpha value is 0.140. The lowest BCUT2D eigenvalue weighted by Crippen LogP contribution is -1.99. The van der Waals surface area contributed by atoms with Crippen LogP contribution < -0.4 is 0 Å². The van der Waals surface area contributed by atoms with Crippen LogP contribution >= 0.6 is 15.9 Å². The molecular formula is C16H31BrO2. The molecule has 0 bridgehead atoms. The van der Waals surface area contributed by atoms with Crippen LogP contribution in [0.15, 0.2) is 12.2 Å². The maximum atomic E-state index is 5.29. The third-order valence-corrected chi connectivity index (χ3v) is 3.53. The molecule has 0 heterocycles. The predicted molar refractivity (Wildman–Crippen MR) is 86.9 cm³/mol. The topological polar surface area (TPSA) is 18.5 Å². The molecule has 0 amide bonds. The van der Waals surface area contributed by atoms with Gasteiger partial charge in [0, 0.05) is 11.9 Å². The molecule has 0 aromatic heterocycles. The van der Waals surface area contributed by atoms with Gasteiger partial charge in [0.2, 0.25) is 0 Å². The molecular weight excluding hydrogens is 304 g/mol. The minimum absolute atomic E-state index is 0.430. The summed E-state index contributed by atoms with van der Waals surface area (Å²) in [7, 11) is 0. The first kappa shape index (κ1) is 19.1. The molecule has 0 spiro atoms. The Morgan fingerprint density at radius 3 is 2.11 bits per heavy atom. The van der Waals surface area contributed by atoms with Crippen LogP contribution in [-0.4, -0.2) is 25.3 Å². The molecule has 0 saturated carbocycles. The van der Waals surface area contributed by atoms with Crippen LogP contribution in [-0.2, 0) is 9.47 Å². The summed E-state index contributed by atoms with van der Waals surface area (Å²) in [6.45, 7) is 3.90. The van der Waals surface area contributed by atoms with Crippen molar-refractivity contribution in [2.45, 2.75) is 64.7 Å². The molecule has 0 fully saturated rings. The van der Waals surface area contributed by atoms with Gasteiger partial charge in [-0.25, -0.2) is 0 Å². The number of alkyl halides is 1. The summed E-state index contributed by atoms with van der Waals surface area (Å²) in [6, 6.07) is 0. The van der Waals surface area contributed by atoms with E-state index in [1.54, 1.807) is 0 Å². The summed E-state index contributed by atoms with van der Waals surface area (Å²) in [6.07, 6.45) is 16.3. The highest BCUT2D eigenvalue weighted by atomic mass is 79.9. The van der Waals surface area contributed by atoms with Crippen LogP contribution in [0.2, 0.25) is 0 Å². The molecule has 3 heteroatoms. The zero-order valence-electron chi connectivity index (χ0n) is 12.5. The van der Waals surface area contributed by atoms with Crippen molar-refractivity contribution in [2.24, 2.45) is 0 Å². The Bertz CT molecular complexity index is 184. The van der Waals surface area contributed by atoms with Crippen molar-refractivity contribution in [3.63, 3.8) is 0 Å². The van der Waals surface area contributed by atoms with E-state index in [9.17, 15) is 0 Å². The van der Waals surface area contributed by atoms with E-state index in [0.29, 0.717) is 6.79 Å². The summed E-state index contributed by atoms with van der Waals surface area (Å²) >= 11 is 3.47. The zero-order chi connectivity index (χ0) is 14.0. The minimum Gasteiger partial charge on any atom is -0.356 e. The van der Waals surface area contributed by atoms with Crippen molar-refractivity contribution < 1.29 is 9.47 Å². The first-order chi connectivity index (χ1) is 9.41. The number of unbranched alkanes of at least 4 members (excludes halogenated alkanes) is 7. The number of halogens is 1. The highest BCUT2D eigenvalue weighted by molar-refractivity contribution is 9.09. The fourth-order valence-corrected chi connectivity index (χ4v) is 2.23. The van der Waals surface area contributed by atoms with E-state index in [2.05, 4.69) is 28.1 Å². The lowest BCUT2D eigenvalue weighted by Gasteiger charge is -2.01. The van der Waals surface area contributed by atoms with Crippen molar-refractivity contribution in [3.8, 4) is 0 Å². The lowest BCUT2D eigenvalue weighted by atomic mass is 10.1. The van der Waals surface area contributed by atoms with Gasteiger partial charge in [0.1, 0.15) is 6.79 Å². The Morgan fingerprint density at radius 2 is 1.42 bits per heavy atom. The van der Waals surface area contributed by atoms with Gasteiger partial charge in [-0.05, 0) is 32.6 Å². The standard InChI is InChI=1S/C16H31BrO2/c1-2-18-16-19-15-13-11-9-7-5-3-4-6-8-10-12-14-17/h9,11H,2-8,10,12-16H2,1H3. The van der Waals surface area contributed by atoms with E-state index in [0.717, 1.165) is 25.0 Å². The molecule has 2 nitrogen and oxygen atoms in total. The second-order valence-electron chi connectivity index (χ2n) is 4.73. The van der Waals surface area contributed by atoms with Gasteiger partial charge in [-0.2, -0.15) is 0 Å². The zero-order valence-corrected chi connectivity index (χ0v) is 14.1. The number of ether oxygens (including phenoxy) is 2. The van der Waals surface area contributed by atoms with Gasteiger partial charge < -0.3 is 9.47 Å². The molecule has 0 N–H and O–H groups in total. The second-order valence-corrected chi connectivity index (χ2v) is 5.52. The van der Waals surface area contributed by atoms with Gasteiger partial charge in [-0.3, -0.25) is 0 Å². The summed E-state index contributed by atoms with van der Waals surface area (Å²) in [5.74, 6) is 0. The van der Waals surface area contributed by atoms with E-state index in [-0.39, 0.29) is 0 Å². The van der Waals surface area contributed by atoms with Gasteiger partial charge in [-0.15, -0.1) is 0 Å². The van der Waals surface area contributed by atoms with E-state index in [4.69, 9.17) is 9.47 Å². The third kappa shape index (κ3) is 18.1. The molecule has 0 aliphatic heterocycles. The smallest absolute Gasteiger partial charge is 0.146 e. The molecule has 0 aliphatic rings. The maximum Gasteiger partial charge on any atom is 0.146 e.